The highest BCUT2D eigenvalue weighted by Crippen LogP contribution is 2.10. The van der Waals surface area contributed by atoms with Gasteiger partial charge < -0.3 is 16.4 Å². The Morgan fingerprint density at radius 2 is 1.92 bits per heavy atom. The summed E-state index contributed by atoms with van der Waals surface area (Å²) in [6.07, 6.45) is -0.434. The average Bonchev–Trinajstić information content (AvgIpc) is 2.53. The van der Waals surface area contributed by atoms with Crippen LogP contribution < -0.4 is 16.4 Å². The van der Waals surface area contributed by atoms with E-state index in [-0.39, 0.29) is 12.4 Å². The molecule has 0 aliphatic carbocycles. The first-order valence-electron chi connectivity index (χ1n) is 7.00. The highest BCUT2D eigenvalue weighted by molar-refractivity contribution is 6.18. The van der Waals surface area contributed by atoms with E-state index < -0.39 is 30.3 Å². The SMILES string of the molecule is Cc1ccc(NC(=O)C(CC(N)=O)NC(=O)N(CCCl)N=O)cc1. The lowest BCUT2D eigenvalue weighted by Crippen LogP contribution is -2.50. The Kier molecular flexibility index (Phi) is 7.63. The monoisotopic (exact) mass is 355 g/mol. The minimum absolute atomic E-state index is 0.0186. The van der Waals surface area contributed by atoms with E-state index in [4.69, 9.17) is 17.3 Å². The summed E-state index contributed by atoms with van der Waals surface area (Å²) in [4.78, 5) is 45.9. The molecule has 0 saturated heterocycles. The van der Waals surface area contributed by atoms with Crippen molar-refractivity contribution in [2.45, 2.75) is 19.4 Å². The van der Waals surface area contributed by atoms with Crippen molar-refractivity contribution in [3.63, 3.8) is 0 Å². The summed E-state index contributed by atoms with van der Waals surface area (Å²) < 4.78 is 0. The zero-order valence-electron chi connectivity index (χ0n) is 13.0. The third kappa shape index (κ3) is 6.21. The number of amides is 4. The molecule has 0 aliphatic rings. The van der Waals surface area contributed by atoms with Gasteiger partial charge >= 0.3 is 6.03 Å². The standard InChI is InChI=1S/C14H18ClN5O4/c1-9-2-4-10(5-3-9)17-13(22)11(8-12(16)21)18-14(23)20(19-24)7-6-15/h2-5,11H,6-8H2,1H3,(H2,16,21)(H,17,22)(H,18,23). The molecule has 1 rings (SSSR count). The molecule has 1 unspecified atom stereocenters. The number of nitroso groups, excluding NO2 is 1. The molecule has 0 aromatic heterocycles. The topological polar surface area (TPSA) is 134 Å². The van der Waals surface area contributed by atoms with Crippen LogP contribution in [0.2, 0.25) is 0 Å². The van der Waals surface area contributed by atoms with E-state index in [1.54, 1.807) is 24.3 Å². The van der Waals surface area contributed by atoms with Crippen molar-refractivity contribution in [2.75, 3.05) is 17.7 Å². The van der Waals surface area contributed by atoms with Crippen LogP contribution in [-0.2, 0) is 9.59 Å². The van der Waals surface area contributed by atoms with Crippen molar-refractivity contribution >= 4 is 35.1 Å². The van der Waals surface area contributed by atoms with Gasteiger partial charge in [0.2, 0.25) is 11.8 Å². The normalized spacial score (nSPS) is 11.2. The van der Waals surface area contributed by atoms with E-state index in [0.29, 0.717) is 10.7 Å². The van der Waals surface area contributed by atoms with Crippen LogP contribution in [0.1, 0.15) is 12.0 Å². The summed E-state index contributed by atoms with van der Waals surface area (Å²) in [5, 5.41) is 7.81. The molecule has 0 fully saturated rings. The van der Waals surface area contributed by atoms with Gasteiger partial charge in [0.15, 0.2) is 0 Å². The number of carbonyl (C=O) groups excluding carboxylic acids is 3. The van der Waals surface area contributed by atoms with Crippen molar-refractivity contribution in [2.24, 2.45) is 11.0 Å². The molecule has 4 N–H and O–H groups in total. The van der Waals surface area contributed by atoms with E-state index in [1.807, 2.05) is 6.92 Å². The molecule has 0 bridgehead atoms. The maximum Gasteiger partial charge on any atom is 0.341 e. The molecule has 24 heavy (non-hydrogen) atoms. The summed E-state index contributed by atoms with van der Waals surface area (Å²) >= 11 is 5.45. The van der Waals surface area contributed by atoms with Crippen molar-refractivity contribution < 1.29 is 14.4 Å². The number of halogens is 1. The molecule has 0 spiro atoms. The highest BCUT2D eigenvalue weighted by atomic mass is 35.5. The van der Waals surface area contributed by atoms with Crippen LogP contribution in [0.5, 0.6) is 0 Å². The largest absolute Gasteiger partial charge is 0.370 e. The molecular formula is C14H18ClN5O4. The Bertz CT molecular complexity index is 608. The zero-order chi connectivity index (χ0) is 18.1. The number of aryl methyl sites for hydroxylation is 1. The van der Waals surface area contributed by atoms with Crippen LogP contribution in [0.3, 0.4) is 0 Å². The van der Waals surface area contributed by atoms with Gasteiger partial charge in [0.05, 0.1) is 18.3 Å². The van der Waals surface area contributed by atoms with E-state index >= 15 is 0 Å². The number of nitrogens with zero attached hydrogens (tertiary/aromatic N) is 2. The Balaban J connectivity index is 2.81. The third-order valence-electron chi connectivity index (χ3n) is 2.97. The number of primary amides is 1. The number of benzene rings is 1. The van der Waals surface area contributed by atoms with E-state index in [0.717, 1.165) is 5.56 Å². The molecule has 9 nitrogen and oxygen atoms in total. The van der Waals surface area contributed by atoms with Crippen molar-refractivity contribution in [3.05, 3.63) is 34.7 Å². The molecule has 4 amide bonds. The fraction of sp³-hybridized carbons (Fsp3) is 0.357. The molecule has 1 atom stereocenters. The fourth-order valence-electron chi connectivity index (χ4n) is 1.76. The zero-order valence-corrected chi connectivity index (χ0v) is 13.7. The predicted molar refractivity (Wildman–Crippen MR) is 89.2 cm³/mol. The molecule has 1 aromatic rings. The number of nitrogens with one attached hydrogen (secondary N) is 2. The summed E-state index contributed by atoms with van der Waals surface area (Å²) in [5.74, 6) is -1.46. The minimum Gasteiger partial charge on any atom is -0.370 e. The molecule has 1 aromatic carbocycles. The summed E-state index contributed by atoms with van der Waals surface area (Å²) in [6, 6.07) is 4.71. The van der Waals surface area contributed by atoms with E-state index in [1.165, 1.54) is 0 Å². The second-order valence-electron chi connectivity index (χ2n) is 4.92. The third-order valence-corrected chi connectivity index (χ3v) is 3.14. The Morgan fingerprint density at radius 3 is 2.42 bits per heavy atom. The molecule has 0 aliphatic heterocycles. The lowest BCUT2D eigenvalue weighted by Gasteiger charge is -2.20. The van der Waals surface area contributed by atoms with Crippen LogP contribution in [0.4, 0.5) is 10.5 Å². The number of nitrogens with two attached hydrogens (primary N) is 1. The minimum atomic E-state index is -1.25. The van der Waals surface area contributed by atoms with Crippen LogP contribution in [-0.4, -0.2) is 41.3 Å². The number of anilines is 1. The van der Waals surface area contributed by atoms with Crippen LogP contribution in [0, 0.1) is 11.8 Å². The molecule has 0 saturated carbocycles. The molecule has 10 heteroatoms. The molecular weight excluding hydrogens is 338 g/mol. The maximum absolute atomic E-state index is 12.3. The van der Waals surface area contributed by atoms with E-state index in [9.17, 15) is 19.3 Å². The smallest absolute Gasteiger partial charge is 0.341 e. The number of carbonyl (C=O) groups is 3. The van der Waals surface area contributed by atoms with Gasteiger partial charge in [-0.1, -0.05) is 17.7 Å². The number of urea groups is 1. The van der Waals surface area contributed by atoms with E-state index in [2.05, 4.69) is 15.9 Å². The Hall–Kier alpha value is -2.68. The summed E-state index contributed by atoms with van der Waals surface area (Å²) in [6.45, 7) is 1.75. The summed E-state index contributed by atoms with van der Waals surface area (Å²) in [5.41, 5.74) is 6.59. The van der Waals surface area contributed by atoms with Crippen LogP contribution >= 0.6 is 11.6 Å². The van der Waals surface area contributed by atoms with Crippen LogP contribution in [0.25, 0.3) is 0 Å². The van der Waals surface area contributed by atoms with Crippen molar-refractivity contribution in [1.29, 1.82) is 0 Å². The highest BCUT2D eigenvalue weighted by Gasteiger charge is 2.25. The fourth-order valence-corrected chi connectivity index (χ4v) is 1.92. The van der Waals surface area contributed by atoms with Gasteiger partial charge in [0.1, 0.15) is 6.04 Å². The Morgan fingerprint density at radius 1 is 1.29 bits per heavy atom. The maximum atomic E-state index is 12.3. The first-order valence-corrected chi connectivity index (χ1v) is 7.54. The van der Waals surface area contributed by atoms with Gasteiger partial charge in [0.25, 0.3) is 0 Å². The predicted octanol–water partition coefficient (Wildman–Crippen LogP) is 1.11. The first kappa shape index (κ1) is 19.4. The van der Waals surface area contributed by atoms with Gasteiger partial charge in [-0.05, 0) is 19.1 Å². The number of hydrogen-bond acceptors (Lipinski definition) is 5. The second-order valence-corrected chi connectivity index (χ2v) is 5.30. The average molecular weight is 356 g/mol. The molecule has 0 radical (unpaired) electrons. The lowest BCUT2D eigenvalue weighted by molar-refractivity contribution is -0.123. The Labute approximate surface area is 143 Å². The van der Waals surface area contributed by atoms with Gasteiger partial charge in [-0.2, -0.15) is 5.01 Å². The lowest BCUT2D eigenvalue weighted by atomic mass is 10.1. The van der Waals surface area contributed by atoms with Gasteiger partial charge in [-0.15, -0.1) is 16.5 Å². The molecule has 130 valence electrons. The van der Waals surface area contributed by atoms with Gasteiger partial charge in [-0.25, -0.2) is 4.79 Å². The van der Waals surface area contributed by atoms with Crippen LogP contribution in [0.15, 0.2) is 29.6 Å². The van der Waals surface area contributed by atoms with Crippen molar-refractivity contribution in [1.82, 2.24) is 10.3 Å². The van der Waals surface area contributed by atoms with Gasteiger partial charge in [-0.3, -0.25) is 9.59 Å². The number of rotatable bonds is 8. The number of hydrogen-bond donors (Lipinski definition) is 3. The molecule has 0 heterocycles. The first-order chi connectivity index (χ1) is 11.4. The quantitative estimate of drug-likeness (QED) is 0.365. The summed E-state index contributed by atoms with van der Waals surface area (Å²) in [7, 11) is 0. The van der Waals surface area contributed by atoms with Gasteiger partial charge in [0, 0.05) is 11.6 Å². The number of alkyl halides is 1. The van der Waals surface area contributed by atoms with Crippen molar-refractivity contribution in [3.8, 4) is 0 Å². The second kappa shape index (κ2) is 9.46.